The van der Waals surface area contributed by atoms with E-state index in [4.69, 9.17) is 0 Å². The molecule has 0 fully saturated rings. The van der Waals surface area contributed by atoms with Gasteiger partial charge in [-0.05, 0) is 38.9 Å². The fourth-order valence-electron chi connectivity index (χ4n) is 3.16. The van der Waals surface area contributed by atoms with Gasteiger partial charge in [-0.1, -0.05) is 48.4 Å². The van der Waals surface area contributed by atoms with Crippen LogP contribution in [0.4, 0.5) is 0 Å². The minimum Gasteiger partial charge on any atom is -0.377 e. The van der Waals surface area contributed by atoms with Gasteiger partial charge in [-0.15, -0.1) is 5.92 Å². The summed E-state index contributed by atoms with van der Waals surface area (Å²) in [5.41, 5.74) is -0.702. The maximum absolute atomic E-state index is 12.9. The molecule has 0 amide bonds. The zero-order valence-corrected chi connectivity index (χ0v) is 14.7. The second kappa shape index (κ2) is 8.82. The summed E-state index contributed by atoms with van der Waals surface area (Å²) in [6, 6.07) is 9.37. The summed E-state index contributed by atoms with van der Waals surface area (Å²) in [4.78, 5) is 14.9. The van der Waals surface area contributed by atoms with E-state index < -0.39 is 5.60 Å². The Hall–Kier alpha value is -1.89. The lowest BCUT2D eigenvalue weighted by atomic mass is 9.72. The molecule has 1 aliphatic carbocycles. The fourth-order valence-corrected chi connectivity index (χ4v) is 3.16. The first-order valence-corrected chi connectivity index (χ1v) is 8.61. The van der Waals surface area contributed by atoms with Crippen molar-refractivity contribution in [2.75, 3.05) is 20.6 Å². The van der Waals surface area contributed by atoms with Crippen LogP contribution in [0.25, 0.3) is 0 Å². The molecule has 3 heteroatoms. The first kappa shape index (κ1) is 18.4. The summed E-state index contributed by atoms with van der Waals surface area (Å²) in [5, 5.41) is 11.4. The molecule has 0 aromatic heterocycles. The van der Waals surface area contributed by atoms with E-state index in [-0.39, 0.29) is 18.1 Å². The van der Waals surface area contributed by atoms with Crippen LogP contribution in [0.5, 0.6) is 0 Å². The Kier molecular flexibility index (Phi) is 6.78. The maximum atomic E-state index is 12.9. The molecule has 128 valence electrons. The van der Waals surface area contributed by atoms with E-state index in [1.807, 2.05) is 49.3 Å². The number of carbonyl (C=O) groups excluding carboxylic acids is 1. The molecular formula is C21H27NO2. The minimum atomic E-state index is -1.41. The highest BCUT2D eigenvalue weighted by Crippen LogP contribution is 2.39. The molecule has 2 rings (SSSR count). The van der Waals surface area contributed by atoms with Gasteiger partial charge in [0.1, 0.15) is 0 Å². The number of carbonyl (C=O) groups is 1. The number of hydrogen-bond acceptors (Lipinski definition) is 3. The van der Waals surface area contributed by atoms with Gasteiger partial charge in [-0.25, -0.2) is 0 Å². The molecule has 1 aliphatic rings. The molecule has 1 N–H and O–H groups in total. The van der Waals surface area contributed by atoms with Crippen molar-refractivity contribution >= 4 is 5.78 Å². The molecule has 3 nitrogen and oxygen atoms in total. The van der Waals surface area contributed by atoms with Crippen LogP contribution in [-0.4, -0.2) is 36.4 Å². The third-order valence-electron chi connectivity index (χ3n) is 4.50. The van der Waals surface area contributed by atoms with Crippen LogP contribution in [0.1, 0.15) is 37.7 Å². The summed E-state index contributed by atoms with van der Waals surface area (Å²) in [6.07, 6.45) is 7.46. The van der Waals surface area contributed by atoms with E-state index in [1.54, 1.807) is 0 Å². The monoisotopic (exact) mass is 325 g/mol. The van der Waals surface area contributed by atoms with Crippen molar-refractivity contribution in [2.24, 2.45) is 5.92 Å². The molecule has 0 heterocycles. The van der Waals surface area contributed by atoms with E-state index in [0.29, 0.717) is 18.5 Å². The van der Waals surface area contributed by atoms with Gasteiger partial charge < -0.3 is 5.11 Å². The Labute approximate surface area is 145 Å². The first-order chi connectivity index (χ1) is 11.5. The molecule has 2 atom stereocenters. The number of allylic oxidation sites excluding steroid dienone is 2. The number of aliphatic hydroxyl groups is 1. The van der Waals surface area contributed by atoms with Crippen molar-refractivity contribution < 1.29 is 9.90 Å². The molecule has 0 aliphatic heterocycles. The number of benzene rings is 1. The number of ketones is 1. The van der Waals surface area contributed by atoms with Crippen LogP contribution >= 0.6 is 0 Å². The second-order valence-corrected chi connectivity index (χ2v) is 6.63. The highest BCUT2D eigenvalue weighted by Gasteiger charge is 2.43. The van der Waals surface area contributed by atoms with Crippen LogP contribution in [0.15, 0.2) is 42.5 Å². The quantitative estimate of drug-likeness (QED) is 0.645. The normalized spacial score (nSPS) is 19.4. The molecule has 0 bridgehead atoms. The van der Waals surface area contributed by atoms with Gasteiger partial charge in [0, 0.05) is 18.8 Å². The summed E-state index contributed by atoms with van der Waals surface area (Å²) < 4.78 is 0. The Morgan fingerprint density at radius 1 is 1.25 bits per heavy atom. The van der Waals surface area contributed by atoms with Crippen molar-refractivity contribution in [2.45, 2.75) is 37.7 Å². The highest BCUT2D eigenvalue weighted by molar-refractivity contribution is 5.89. The minimum absolute atomic E-state index is 0.0628. The largest absolute Gasteiger partial charge is 0.377 e. The molecule has 1 aromatic carbocycles. The second-order valence-electron chi connectivity index (χ2n) is 6.63. The van der Waals surface area contributed by atoms with Gasteiger partial charge in [-0.3, -0.25) is 9.69 Å². The Morgan fingerprint density at radius 3 is 2.62 bits per heavy atom. The van der Waals surface area contributed by atoms with Crippen molar-refractivity contribution in [1.82, 2.24) is 4.90 Å². The smallest absolute Gasteiger partial charge is 0.170 e. The standard InChI is InChI=1S/C21H27NO2/c1-22(2)17-11-5-10-16-20(23)21(24,18-12-6-3-7-13-18)19-14-8-4-9-15-19/h3-4,6-8,12-13,19,24H,9-10,14-17H2,1-2H3. The van der Waals surface area contributed by atoms with Crippen LogP contribution in [-0.2, 0) is 10.4 Å². The highest BCUT2D eigenvalue weighted by atomic mass is 16.3. The third-order valence-corrected chi connectivity index (χ3v) is 4.50. The van der Waals surface area contributed by atoms with E-state index in [2.05, 4.69) is 24.0 Å². The molecule has 2 unspecified atom stereocenters. The van der Waals surface area contributed by atoms with Crippen LogP contribution < -0.4 is 0 Å². The maximum Gasteiger partial charge on any atom is 0.170 e. The lowest BCUT2D eigenvalue weighted by molar-refractivity contribution is -0.145. The van der Waals surface area contributed by atoms with E-state index in [1.165, 1.54) is 0 Å². The summed E-state index contributed by atoms with van der Waals surface area (Å²) in [5.74, 6) is 5.90. The lowest BCUT2D eigenvalue weighted by Crippen LogP contribution is -2.43. The predicted molar refractivity (Wildman–Crippen MR) is 97.4 cm³/mol. The van der Waals surface area contributed by atoms with E-state index >= 15 is 0 Å². The van der Waals surface area contributed by atoms with Gasteiger partial charge >= 0.3 is 0 Å². The van der Waals surface area contributed by atoms with Crippen molar-refractivity contribution in [1.29, 1.82) is 0 Å². The summed E-state index contributed by atoms with van der Waals surface area (Å²) >= 11 is 0. The number of hydrogen-bond donors (Lipinski definition) is 1. The Bertz CT molecular complexity index is 624. The molecule has 0 radical (unpaired) electrons. The number of nitrogens with zero attached hydrogens (tertiary/aromatic N) is 1. The fraction of sp³-hybridized carbons (Fsp3) is 0.476. The molecule has 0 saturated carbocycles. The Balaban J connectivity index is 2.14. The van der Waals surface area contributed by atoms with Gasteiger partial charge in [0.25, 0.3) is 0 Å². The van der Waals surface area contributed by atoms with Gasteiger partial charge in [0.05, 0.1) is 6.54 Å². The third kappa shape index (κ3) is 4.56. The van der Waals surface area contributed by atoms with Crippen molar-refractivity contribution in [3.05, 3.63) is 48.0 Å². The zero-order chi connectivity index (χ0) is 17.4. The van der Waals surface area contributed by atoms with E-state index in [0.717, 1.165) is 19.3 Å². The topological polar surface area (TPSA) is 40.5 Å². The zero-order valence-electron chi connectivity index (χ0n) is 14.7. The first-order valence-electron chi connectivity index (χ1n) is 8.61. The molecule has 0 spiro atoms. The number of Topliss-reactive ketones (excluding diaryl/α,β-unsaturated/α-hetero) is 1. The lowest BCUT2D eigenvalue weighted by Gasteiger charge is -2.36. The molecule has 1 aromatic rings. The van der Waals surface area contributed by atoms with Crippen LogP contribution in [0.3, 0.4) is 0 Å². The van der Waals surface area contributed by atoms with Gasteiger partial charge in [0.2, 0.25) is 0 Å². The predicted octanol–water partition coefficient (Wildman–Crippen LogP) is 3.14. The average Bonchev–Trinajstić information content (AvgIpc) is 2.61. The molecule has 0 saturated heterocycles. The average molecular weight is 325 g/mol. The summed E-state index contributed by atoms with van der Waals surface area (Å²) in [7, 11) is 3.93. The van der Waals surface area contributed by atoms with Crippen molar-refractivity contribution in [3.63, 3.8) is 0 Å². The van der Waals surface area contributed by atoms with Gasteiger partial charge in [-0.2, -0.15) is 0 Å². The summed E-state index contributed by atoms with van der Waals surface area (Å²) in [6.45, 7) is 0.685. The molecule has 24 heavy (non-hydrogen) atoms. The Morgan fingerprint density at radius 2 is 2.00 bits per heavy atom. The van der Waals surface area contributed by atoms with Gasteiger partial charge in [0.15, 0.2) is 11.4 Å². The molecular weight excluding hydrogens is 298 g/mol. The van der Waals surface area contributed by atoms with Crippen LogP contribution in [0.2, 0.25) is 0 Å². The number of rotatable bonds is 6. The van der Waals surface area contributed by atoms with E-state index in [9.17, 15) is 9.90 Å². The van der Waals surface area contributed by atoms with Crippen molar-refractivity contribution in [3.8, 4) is 11.8 Å². The van der Waals surface area contributed by atoms with Crippen LogP contribution in [0, 0.1) is 17.8 Å². The SMILES string of the molecule is CN(C)CC#CCCC(=O)C(O)(c1ccccc1)C1CC=CCC1.